The minimum absolute atomic E-state index is 0.0558. The number of aliphatic hydroxyl groups excluding tert-OH is 1. The average Bonchev–Trinajstić information content (AvgIpc) is 3.31. The van der Waals surface area contributed by atoms with Crippen molar-refractivity contribution in [2.24, 2.45) is 0 Å². The van der Waals surface area contributed by atoms with Crippen molar-refractivity contribution in [3.63, 3.8) is 0 Å². The zero-order valence-electron chi connectivity index (χ0n) is 18.4. The van der Waals surface area contributed by atoms with Crippen LogP contribution < -0.4 is 10.1 Å². The zero-order valence-corrected chi connectivity index (χ0v) is 19.2. The second-order valence-corrected chi connectivity index (χ2v) is 8.58. The summed E-state index contributed by atoms with van der Waals surface area (Å²) in [4.78, 5) is 24.9. The first kappa shape index (κ1) is 23.2. The average molecular weight is 497 g/mol. The van der Waals surface area contributed by atoms with Crippen LogP contribution in [0.4, 0.5) is 10.2 Å². The molecule has 1 fully saturated rings. The summed E-state index contributed by atoms with van der Waals surface area (Å²) in [6.45, 7) is -0.183. The third kappa shape index (κ3) is 4.84. The molecule has 1 aliphatic rings. The van der Waals surface area contributed by atoms with E-state index < -0.39 is 18.3 Å². The van der Waals surface area contributed by atoms with E-state index >= 15 is 0 Å². The number of aromatic amines is 1. The normalized spacial score (nSPS) is 20.0. The van der Waals surface area contributed by atoms with Crippen LogP contribution in [0, 0.1) is 0 Å². The number of nitrogens with zero attached hydrogens (tertiary/aromatic N) is 2. The van der Waals surface area contributed by atoms with Crippen LogP contribution in [0.2, 0.25) is 5.02 Å². The number of alkyl halides is 1. The van der Waals surface area contributed by atoms with Crippen LogP contribution in [0.15, 0.2) is 61.1 Å². The molecule has 0 bridgehead atoms. The van der Waals surface area contributed by atoms with Gasteiger partial charge in [0.1, 0.15) is 35.5 Å². The van der Waals surface area contributed by atoms with E-state index in [-0.39, 0.29) is 36.0 Å². The highest BCUT2D eigenvalue weighted by Gasteiger charge is 2.32. The molecular weight excluding hydrogens is 475 g/mol. The van der Waals surface area contributed by atoms with Gasteiger partial charge in [-0.1, -0.05) is 29.8 Å². The quantitative estimate of drug-likeness (QED) is 0.322. The molecule has 180 valence electrons. The van der Waals surface area contributed by atoms with Gasteiger partial charge in [0.2, 0.25) is 0 Å². The lowest BCUT2D eigenvalue weighted by Gasteiger charge is -2.32. The Hall–Kier alpha value is -3.53. The van der Waals surface area contributed by atoms with E-state index in [9.17, 15) is 14.3 Å². The molecular formula is C25H22ClFN4O4. The molecule has 5 rings (SSSR count). The summed E-state index contributed by atoms with van der Waals surface area (Å²) in [7, 11) is 0. The van der Waals surface area contributed by atoms with Gasteiger partial charge in [-0.2, -0.15) is 0 Å². The van der Waals surface area contributed by atoms with Crippen LogP contribution in [0.1, 0.15) is 22.3 Å². The number of ketones is 1. The lowest BCUT2D eigenvalue weighted by molar-refractivity contribution is -0.0506. The molecule has 2 aromatic carbocycles. The van der Waals surface area contributed by atoms with E-state index in [4.69, 9.17) is 21.1 Å². The van der Waals surface area contributed by atoms with E-state index in [0.717, 1.165) is 0 Å². The molecule has 0 radical (unpaired) electrons. The van der Waals surface area contributed by atoms with Gasteiger partial charge in [-0.25, -0.2) is 14.4 Å². The fraction of sp³-hybridized carbons (Fsp3) is 0.240. The molecule has 10 heteroatoms. The first-order valence-electron chi connectivity index (χ1n) is 11.1. The number of ether oxygens (including phenoxy) is 2. The Morgan fingerprint density at radius 2 is 2.03 bits per heavy atom. The van der Waals surface area contributed by atoms with Crippen molar-refractivity contribution in [1.82, 2.24) is 15.0 Å². The summed E-state index contributed by atoms with van der Waals surface area (Å²) in [6, 6.07) is 13.4. The van der Waals surface area contributed by atoms with Crippen molar-refractivity contribution in [1.29, 1.82) is 0 Å². The van der Waals surface area contributed by atoms with Gasteiger partial charge in [-0.05, 0) is 24.3 Å². The van der Waals surface area contributed by atoms with Crippen molar-refractivity contribution < 1.29 is 23.8 Å². The second kappa shape index (κ2) is 9.99. The van der Waals surface area contributed by atoms with Gasteiger partial charge in [0.05, 0.1) is 41.3 Å². The Labute approximate surface area is 205 Å². The largest absolute Gasteiger partial charge is 0.457 e. The maximum Gasteiger partial charge on any atom is 0.196 e. The number of aliphatic hydroxyl groups is 1. The number of hydrogen-bond donors (Lipinski definition) is 3. The minimum atomic E-state index is -1.25. The summed E-state index contributed by atoms with van der Waals surface area (Å²) < 4.78 is 25.9. The number of benzene rings is 2. The van der Waals surface area contributed by atoms with Gasteiger partial charge in [0.15, 0.2) is 5.78 Å². The number of nitrogens with one attached hydrogen (secondary N) is 2. The maximum absolute atomic E-state index is 14.7. The second-order valence-electron chi connectivity index (χ2n) is 8.17. The number of aromatic nitrogens is 3. The molecule has 8 nitrogen and oxygen atoms in total. The number of halogens is 2. The van der Waals surface area contributed by atoms with E-state index in [1.165, 1.54) is 12.5 Å². The van der Waals surface area contributed by atoms with Crippen LogP contribution in [-0.2, 0) is 4.74 Å². The Morgan fingerprint density at radius 3 is 2.77 bits per heavy atom. The number of anilines is 1. The molecule has 1 saturated heterocycles. The number of carbonyl (C=O) groups is 1. The number of H-pyrrole nitrogens is 1. The van der Waals surface area contributed by atoms with Gasteiger partial charge in [0.25, 0.3) is 0 Å². The Bertz CT molecular complexity index is 1350. The fourth-order valence-corrected chi connectivity index (χ4v) is 4.28. The van der Waals surface area contributed by atoms with E-state index in [0.29, 0.717) is 33.9 Å². The van der Waals surface area contributed by atoms with Crippen LogP contribution in [0.3, 0.4) is 0 Å². The standard InChI is InChI=1S/C25H22ClFN4O4/c26-19-8-15(35-14-4-2-1-3-5-14)6-7-17(19)23(33)18-10-28-24-22(18)25(30-13-29-24)31-21-12-34-16(11-32)9-20(21)27/h1-8,10,13,16,20-21,32H,9,11-12H2,(H2,28,29,30,31)/t16-,20-,21-/m0/s1. The molecule has 1 aliphatic heterocycles. The molecule has 3 N–H and O–H groups in total. The van der Waals surface area contributed by atoms with Gasteiger partial charge in [-0.15, -0.1) is 0 Å². The Kier molecular flexibility index (Phi) is 6.63. The highest BCUT2D eigenvalue weighted by Crippen LogP contribution is 2.32. The third-order valence-electron chi connectivity index (χ3n) is 5.84. The molecule has 35 heavy (non-hydrogen) atoms. The molecule has 3 heterocycles. The lowest BCUT2D eigenvalue weighted by atomic mass is 10.0. The van der Waals surface area contributed by atoms with Gasteiger partial charge in [-0.3, -0.25) is 4.79 Å². The number of fused-ring (bicyclic) bond motifs is 1. The summed E-state index contributed by atoms with van der Waals surface area (Å²) in [5, 5.41) is 12.9. The number of rotatable bonds is 7. The fourth-order valence-electron chi connectivity index (χ4n) is 4.03. The van der Waals surface area contributed by atoms with E-state index in [1.807, 2.05) is 30.3 Å². The monoisotopic (exact) mass is 496 g/mol. The van der Waals surface area contributed by atoms with Crippen molar-refractivity contribution in [2.45, 2.75) is 24.7 Å². The molecule has 2 aromatic heterocycles. The van der Waals surface area contributed by atoms with E-state index in [1.54, 1.807) is 18.2 Å². The molecule has 0 unspecified atom stereocenters. The van der Waals surface area contributed by atoms with E-state index in [2.05, 4.69) is 20.3 Å². The summed E-state index contributed by atoms with van der Waals surface area (Å²) in [5.41, 5.74) is 0.992. The molecule has 0 spiro atoms. The Morgan fingerprint density at radius 1 is 1.20 bits per heavy atom. The molecule has 0 aliphatic carbocycles. The van der Waals surface area contributed by atoms with Crippen molar-refractivity contribution in [2.75, 3.05) is 18.5 Å². The van der Waals surface area contributed by atoms with Crippen molar-refractivity contribution in [3.05, 3.63) is 77.2 Å². The number of carbonyl (C=O) groups excluding carboxylic acids is 1. The summed E-state index contributed by atoms with van der Waals surface area (Å²) >= 11 is 6.46. The first-order chi connectivity index (χ1) is 17.0. The summed E-state index contributed by atoms with van der Waals surface area (Å²) in [6.07, 6.45) is 1.13. The highest BCUT2D eigenvalue weighted by molar-refractivity contribution is 6.35. The van der Waals surface area contributed by atoms with Crippen LogP contribution >= 0.6 is 11.6 Å². The highest BCUT2D eigenvalue weighted by atomic mass is 35.5. The lowest BCUT2D eigenvalue weighted by Crippen LogP contribution is -2.45. The minimum Gasteiger partial charge on any atom is -0.457 e. The molecule has 3 atom stereocenters. The third-order valence-corrected chi connectivity index (χ3v) is 6.15. The van der Waals surface area contributed by atoms with Crippen LogP contribution in [0.5, 0.6) is 11.5 Å². The topological polar surface area (TPSA) is 109 Å². The molecule has 4 aromatic rings. The SMILES string of the molecule is O=C(c1ccc(Oc2ccccc2)cc1Cl)c1c[nH]c2ncnc(N[C@H]3CO[C@H](CO)C[C@@H]3F)c12. The molecule has 0 amide bonds. The van der Waals surface area contributed by atoms with Crippen molar-refractivity contribution >= 4 is 34.2 Å². The Balaban J connectivity index is 1.42. The van der Waals surface area contributed by atoms with Gasteiger partial charge < -0.3 is 24.9 Å². The first-order valence-corrected chi connectivity index (χ1v) is 11.4. The van der Waals surface area contributed by atoms with Crippen molar-refractivity contribution in [3.8, 4) is 11.5 Å². The van der Waals surface area contributed by atoms with Gasteiger partial charge >= 0.3 is 0 Å². The molecule has 0 saturated carbocycles. The predicted octanol–water partition coefficient (Wildman–Crippen LogP) is 4.53. The van der Waals surface area contributed by atoms with Crippen LogP contribution in [0.25, 0.3) is 11.0 Å². The summed E-state index contributed by atoms with van der Waals surface area (Å²) in [5.74, 6) is 1.10. The zero-order chi connectivity index (χ0) is 24.4. The maximum atomic E-state index is 14.7. The van der Waals surface area contributed by atoms with Gasteiger partial charge in [0, 0.05) is 24.2 Å². The predicted molar refractivity (Wildman–Crippen MR) is 129 cm³/mol. The smallest absolute Gasteiger partial charge is 0.196 e. The van der Waals surface area contributed by atoms with Crippen LogP contribution in [-0.4, -0.2) is 57.4 Å². The number of hydrogen-bond acceptors (Lipinski definition) is 7. The number of para-hydroxylation sites is 1.